The molecule has 0 saturated carbocycles. The first-order valence-electron chi connectivity index (χ1n) is 11.2. The predicted molar refractivity (Wildman–Crippen MR) is 136 cm³/mol. The Labute approximate surface area is 205 Å². The molecule has 1 fully saturated rings. The van der Waals surface area contributed by atoms with Gasteiger partial charge in [-0.2, -0.15) is 0 Å². The van der Waals surface area contributed by atoms with Crippen LogP contribution in [-0.4, -0.2) is 51.0 Å². The molecule has 0 aliphatic carbocycles. The van der Waals surface area contributed by atoms with Gasteiger partial charge < -0.3 is 19.1 Å². The number of carbonyl (C=O) groups excluding carboxylic acids is 2. The monoisotopic (exact) mass is 469 g/mol. The summed E-state index contributed by atoms with van der Waals surface area (Å²) in [5.74, 6) is 1.92. The third kappa shape index (κ3) is 5.61. The Morgan fingerprint density at radius 1 is 0.657 bits per heavy atom. The van der Waals surface area contributed by atoms with Gasteiger partial charge in [0.05, 0.1) is 34.4 Å². The number of piperidine rings is 1. The van der Waals surface area contributed by atoms with Crippen LogP contribution in [-0.2, 0) is 4.79 Å². The highest BCUT2D eigenvalue weighted by molar-refractivity contribution is 6.15. The van der Waals surface area contributed by atoms with Crippen molar-refractivity contribution in [3.05, 3.63) is 101 Å². The van der Waals surface area contributed by atoms with Crippen molar-refractivity contribution >= 4 is 23.8 Å². The molecule has 4 rings (SSSR count). The molecule has 0 radical (unpaired) electrons. The number of benzene rings is 3. The van der Waals surface area contributed by atoms with Gasteiger partial charge >= 0.3 is 0 Å². The van der Waals surface area contributed by atoms with Gasteiger partial charge in [0, 0.05) is 16.7 Å². The van der Waals surface area contributed by atoms with Crippen molar-refractivity contribution in [1.82, 2.24) is 4.90 Å². The van der Waals surface area contributed by atoms with Gasteiger partial charge in [-0.3, -0.25) is 9.59 Å². The van der Waals surface area contributed by atoms with Crippen LogP contribution in [0.25, 0.3) is 12.2 Å². The largest absolute Gasteiger partial charge is 0.497 e. The maximum atomic E-state index is 13.4. The van der Waals surface area contributed by atoms with Gasteiger partial charge in [-0.1, -0.05) is 24.3 Å². The highest BCUT2D eigenvalue weighted by Gasteiger charge is 2.29. The van der Waals surface area contributed by atoms with E-state index in [2.05, 4.69) is 0 Å². The second-order valence-electron chi connectivity index (χ2n) is 8.10. The molecule has 0 aromatic heterocycles. The fraction of sp³-hybridized carbons (Fsp3) is 0.172. The molecular formula is C29H27NO5. The van der Waals surface area contributed by atoms with Crippen LogP contribution in [0, 0.1) is 0 Å². The second-order valence-corrected chi connectivity index (χ2v) is 8.10. The lowest BCUT2D eigenvalue weighted by molar-refractivity contribution is -0.113. The summed E-state index contributed by atoms with van der Waals surface area (Å²) in [5, 5.41) is 0. The smallest absolute Gasteiger partial charge is 0.254 e. The molecule has 0 N–H and O–H groups in total. The molecule has 1 aliphatic rings. The van der Waals surface area contributed by atoms with Gasteiger partial charge in [-0.05, 0) is 71.8 Å². The van der Waals surface area contributed by atoms with Crippen molar-refractivity contribution in [1.29, 1.82) is 0 Å². The number of nitrogens with zero attached hydrogens (tertiary/aromatic N) is 1. The van der Waals surface area contributed by atoms with Crippen LogP contribution in [0.2, 0.25) is 0 Å². The molecule has 0 bridgehead atoms. The molecule has 3 aromatic rings. The summed E-state index contributed by atoms with van der Waals surface area (Å²) >= 11 is 0. The Bertz CT molecular complexity index is 1190. The normalized spacial score (nSPS) is 15.9. The quantitative estimate of drug-likeness (QED) is 0.480. The summed E-state index contributed by atoms with van der Waals surface area (Å²) in [6, 6.07) is 21.9. The van der Waals surface area contributed by atoms with Crippen LogP contribution < -0.4 is 14.2 Å². The minimum absolute atomic E-state index is 0.0737. The van der Waals surface area contributed by atoms with Crippen molar-refractivity contribution in [3.8, 4) is 17.2 Å². The van der Waals surface area contributed by atoms with Crippen molar-refractivity contribution in [2.45, 2.75) is 0 Å². The molecule has 1 saturated heterocycles. The van der Waals surface area contributed by atoms with Crippen LogP contribution in [0.4, 0.5) is 0 Å². The molecule has 6 nitrogen and oxygen atoms in total. The molecule has 1 aliphatic heterocycles. The van der Waals surface area contributed by atoms with Crippen molar-refractivity contribution in [2.24, 2.45) is 0 Å². The molecule has 0 unspecified atom stereocenters. The summed E-state index contributed by atoms with van der Waals surface area (Å²) in [6.07, 6.45) is 3.66. The second kappa shape index (κ2) is 10.7. The average molecular weight is 470 g/mol. The van der Waals surface area contributed by atoms with E-state index in [0.717, 1.165) is 22.6 Å². The number of rotatable bonds is 6. The highest BCUT2D eigenvalue weighted by atomic mass is 16.5. The fourth-order valence-electron chi connectivity index (χ4n) is 3.90. The number of hydrogen-bond donors (Lipinski definition) is 0. The maximum Gasteiger partial charge on any atom is 0.254 e. The van der Waals surface area contributed by atoms with Gasteiger partial charge in [-0.15, -0.1) is 0 Å². The van der Waals surface area contributed by atoms with E-state index in [1.807, 2.05) is 60.7 Å². The van der Waals surface area contributed by atoms with Crippen molar-refractivity contribution in [2.75, 3.05) is 34.4 Å². The molecule has 1 heterocycles. The average Bonchev–Trinajstić information content (AvgIpc) is 2.91. The number of methoxy groups -OCH3 is 3. The van der Waals surface area contributed by atoms with Gasteiger partial charge in [0.1, 0.15) is 17.2 Å². The van der Waals surface area contributed by atoms with Crippen LogP contribution >= 0.6 is 0 Å². The number of Topliss-reactive ketones (excluding diaryl/α,β-unsaturated/α-hetero) is 1. The predicted octanol–water partition coefficient (Wildman–Crippen LogP) is 4.90. The standard InChI is InChI=1S/C29H27NO5/c1-33-25-10-4-20(5-11-25)16-23-18-30(29(32)22-8-14-27(35-3)15-9-22)19-24(28(23)31)17-21-6-12-26(34-2)13-7-21/h4-17H,18-19H2,1-3H3/b23-16+,24-17+. The van der Waals surface area contributed by atoms with Crippen molar-refractivity contribution in [3.63, 3.8) is 0 Å². The third-order valence-corrected chi connectivity index (χ3v) is 5.84. The lowest BCUT2D eigenvalue weighted by atomic mass is 9.93. The summed E-state index contributed by atoms with van der Waals surface area (Å²) < 4.78 is 15.7. The molecule has 1 amide bonds. The Morgan fingerprint density at radius 3 is 1.40 bits per heavy atom. The van der Waals surface area contributed by atoms with E-state index in [4.69, 9.17) is 14.2 Å². The molecule has 3 aromatic carbocycles. The minimum Gasteiger partial charge on any atom is -0.497 e. The summed E-state index contributed by atoms with van der Waals surface area (Å²) in [7, 11) is 4.80. The Morgan fingerprint density at radius 2 is 1.03 bits per heavy atom. The third-order valence-electron chi connectivity index (χ3n) is 5.84. The summed E-state index contributed by atoms with van der Waals surface area (Å²) in [4.78, 5) is 28.5. The van der Waals surface area contributed by atoms with Gasteiger partial charge in [0.25, 0.3) is 5.91 Å². The molecule has 6 heteroatoms. The van der Waals surface area contributed by atoms with Gasteiger partial charge in [0.15, 0.2) is 5.78 Å². The highest BCUT2D eigenvalue weighted by Crippen LogP contribution is 2.25. The minimum atomic E-state index is -0.151. The van der Waals surface area contributed by atoms with Gasteiger partial charge in [0.2, 0.25) is 0 Å². The number of ketones is 1. The van der Waals surface area contributed by atoms with E-state index in [1.165, 1.54) is 0 Å². The Hall–Kier alpha value is -4.32. The summed E-state index contributed by atoms with van der Waals surface area (Å²) in [5.41, 5.74) is 3.34. The first-order valence-corrected chi connectivity index (χ1v) is 11.2. The zero-order chi connectivity index (χ0) is 24.8. The zero-order valence-corrected chi connectivity index (χ0v) is 20.0. The number of ether oxygens (including phenoxy) is 3. The lowest BCUT2D eigenvalue weighted by Crippen LogP contribution is -2.41. The van der Waals surface area contributed by atoms with Crippen LogP contribution in [0.1, 0.15) is 21.5 Å². The van der Waals surface area contributed by atoms with Crippen LogP contribution in [0.5, 0.6) is 17.2 Å². The first-order chi connectivity index (χ1) is 17.0. The molecule has 0 spiro atoms. The maximum absolute atomic E-state index is 13.4. The molecule has 178 valence electrons. The number of carbonyl (C=O) groups is 2. The molecule has 35 heavy (non-hydrogen) atoms. The topological polar surface area (TPSA) is 65.1 Å². The van der Waals surface area contributed by atoms with E-state index >= 15 is 0 Å². The molecule has 0 atom stereocenters. The van der Waals surface area contributed by atoms with E-state index in [9.17, 15) is 9.59 Å². The van der Waals surface area contributed by atoms with E-state index in [1.54, 1.807) is 50.5 Å². The fourth-order valence-corrected chi connectivity index (χ4v) is 3.90. The van der Waals surface area contributed by atoms with Crippen molar-refractivity contribution < 1.29 is 23.8 Å². The number of hydrogen-bond acceptors (Lipinski definition) is 5. The number of likely N-dealkylation sites (tertiary alicyclic amines) is 1. The lowest BCUT2D eigenvalue weighted by Gasteiger charge is -2.30. The van der Waals surface area contributed by atoms with E-state index in [0.29, 0.717) is 22.5 Å². The first kappa shape index (κ1) is 23.8. The molecular weight excluding hydrogens is 442 g/mol. The van der Waals surface area contributed by atoms with Gasteiger partial charge in [-0.25, -0.2) is 0 Å². The van der Waals surface area contributed by atoms with Crippen LogP contribution in [0.3, 0.4) is 0 Å². The van der Waals surface area contributed by atoms with E-state index < -0.39 is 0 Å². The number of amides is 1. The van der Waals surface area contributed by atoms with E-state index in [-0.39, 0.29) is 24.8 Å². The zero-order valence-electron chi connectivity index (χ0n) is 20.0. The van der Waals surface area contributed by atoms with Crippen LogP contribution in [0.15, 0.2) is 83.9 Å². The summed E-state index contributed by atoms with van der Waals surface area (Å²) in [6.45, 7) is 0.436. The Balaban J connectivity index is 1.69. The Kier molecular flexibility index (Phi) is 7.31. The SMILES string of the molecule is COc1ccc(/C=C2\CN(C(=O)c3ccc(OC)cc3)C/C(=C\c3ccc(OC)cc3)C2=O)cc1.